The van der Waals surface area contributed by atoms with Crippen LogP contribution in [0.4, 0.5) is 0 Å². The Hall–Kier alpha value is -0.330. The lowest BCUT2D eigenvalue weighted by Gasteiger charge is -2.22. The number of nitrogens with two attached hydrogens (primary N) is 1. The minimum atomic E-state index is 0. The highest BCUT2D eigenvalue weighted by Gasteiger charge is 2.35. The molecule has 0 spiro atoms. The summed E-state index contributed by atoms with van der Waals surface area (Å²) in [6.45, 7) is 5.22. The van der Waals surface area contributed by atoms with E-state index in [1.807, 2.05) is 24.4 Å². The molecule has 1 aliphatic heterocycles. The first-order valence-corrected chi connectivity index (χ1v) is 7.53. The predicted octanol–water partition coefficient (Wildman–Crippen LogP) is 2.46. The summed E-state index contributed by atoms with van der Waals surface area (Å²) in [5.74, 6) is 0.170. The zero-order valence-corrected chi connectivity index (χ0v) is 15.2. The van der Waals surface area contributed by atoms with Gasteiger partial charge in [-0.3, -0.25) is 4.79 Å². The Bertz CT molecular complexity index is 467. The molecule has 1 aromatic heterocycles. The number of halogens is 2. The molecule has 1 aliphatic rings. The van der Waals surface area contributed by atoms with Gasteiger partial charge in [-0.05, 0) is 49.5 Å². The maximum absolute atomic E-state index is 12.6. The monoisotopic (exact) mass is 353 g/mol. The van der Waals surface area contributed by atoms with E-state index in [-0.39, 0.29) is 36.1 Å². The quantitative estimate of drug-likeness (QED) is 0.904. The van der Waals surface area contributed by atoms with Crippen molar-refractivity contribution in [2.24, 2.45) is 11.1 Å². The molecule has 1 saturated heterocycles. The summed E-state index contributed by atoms with van der Waals surface area (Å²) in [7, 11) is 4.04. The van der Waals surface area contributed by atoms with E-state index in [9.17, 15) is 4.79 Å². The van der Waals surface area contributed by atoms with E-state index in [1.54, 1.807) is 11.3 Å². The average molecular weight is 354 g/mol. The van der Waals surface area contributed by atoms with Crippen molar-refractivity contribution in [3.05, 3.63) is 21.9 Å². The van der Waals surface area contributed by atoms with Gasteiger partial charge < -0.3 is 15.5 Å². The van der Waals surface area contributed by atoms with Crippen molar-refractivity contribution in [2.45, 2.75) is 19.9 Å². The van der Waals surface area contributed by atoms with Gasteiger partial charge in [0.25, 0.3) is 5.91 Å². The van der Waals surface area contributed by atoms with Gasteiger partial charge in [-0.15, -0.1) is 36.2 Å². The first-order valence-electron chi connectivity index (χ1n) is 6.66. The highest BCUT2D eigenvalue weighted by atomic mass is 35.5. The zero-order chi connectivity index (χ0) is 14.0. The number of hydrogen-bond donors (Lipinski definition) is 1. The standard InChI is InChI=1S/C14H23N3OS.2ClH/c1-14(9-15)5-6-17(10-14)13(18)12-11(4-7-19-12)8-16(2)3;;/h4,7H,5-6,8-10,15H2,1-3H3;2*1H. The topological polar surface area (TPSA) is 49.6 Å². The maximum Gasteiger partial charge on any atom is 0.264 e. The fourth-order valence-corrected chi connectivity index (χ4v) is 3.38. The SMILES string of the molecule is CN(C)Cc1ccsc1C(=O)N1CCC(C)(CN)C1.Cl.Cl. The van der Waals surface area contributed by atoms with Gasteiger partial charge in [0.1, 0.15) is 0 Å². The van der Waals surface area contributed by atoms with Crippen molar-refractivity contribution >= 4 is 42.1 Å². The maximum atomic E-state index is 12.6. The fraction of sp³-hybridized carbons (Fsp3) is 0.643. The number of carbonyl (C=O) groups is 1. The number of amides is 1. The van der Waals surface area contributed by atoms with Gasteiger partial charge in [-0.2, -0.15) is 0 Å². The van der Waals surface area contributed by atoms with E-state index in [0.717, 1.165) is 36.5 Å². The van der Waals surface area contributed by atoms with Crippen molar-refractivity contribution in [3.8, 4) is 0 Å². The second-order valence-electron chi connectivity index (χ2n) is 6.00. The lowest BCUT2D eigenvalue weighted by Crippen LogP contribution is -2.34. The van der Waals surface area contributed by atoms with E-state index in [4.69, 9.17) is 5.73 Å². The summed E-state index contributed by atoms with van der Waals surface area (Å²) < 4.78 is 0. The van der Waals surface area contributed by atoms with E-state index in [0.29, 0.717) is 6.54 Å². The lowest BCUT2D eigenvalue weighted by molar-refractivity contribution is 0.0780. The zero-order valence-electron chi connectivity index (χ0n) is 12.8. The van der Waals surface area contributed by atoms with Crippen molar-refractivity contribution < 1.29 is 4.79 Å². The van der Waals surface area contributed by atoms with Crippen LogP contribution in [-0.2, 0) is 6.54 Å². The summed E-state index contributed by atoms with van der Waals surface area (Å²) in [6.07, 6.45) is 1.00. The molecule has 2 rings (SSSR count). The fourth-order valence-electron chi connectivity index (χ4n) is 2.50. The van der Waals surface area contributed by atoms with Crippen molar-refractivity contribution in [1.29, 1.82) is 0 Å². The molecule has 0 aromatic carbocycles. The van der Waals surface area contributed by atoms with Crippen LogP contribution in [0.2, 0.25) is 0 Å². The third-order valence-corrected chi connectivity index (χ3v) is 4.71. The summed E-state index contributed by atoms with van der Waals surface area (Å²) in [6, 6.07) is 2.05. The van der Waals surface area contributed by atoms with Crippen molar-refractivity contribution in [3.63, 3.8) is 0 Å². The predicted molar refractivity (Wildman–Crippen MR) is 93.9 cm³/mol. The minimum absolute atomic E-state index is 0. The van der Waals surface area contributed by atoms with Crippen molar-refractivity contribution in [1.82, 2.24) is 9.80 Å². The Balaban J connectivity index is 0.00000200. The molecule has 2 N–H and O–H groups in total. The number of carbonyl (C=O) groups excluding carboxylic acids is 1. The largest absolute Gasteiger partial charge is 0.337 e. The molecule has 0 radical (unpaired) electrons. The number of likely N-dealkylation sites (tertiary alicyclic amines) is 1. The van der Waals surface area contributed by atoms with Crippen molar-refractivity contribution in [2.75, 3.05) is 33.7 Å². The number of nitrogens with zero attached hydrogens (tertiary/aromatic N) is 2. The Morgan fingerprint density at radius 3 is 2.67 bits per heavy atom. The van der Waals surface area contributed by atoms with Crippen LogP contribution >= 0.6 is 36.2 Å². The second kappa shape index (κ2) is 8.34. The van der Waals surface area contributed by atoms with Crippen LogP contribution in [-0.4, -0.2) is 49.4 Å². The van der Waals surface area contributed by atoms with E-state index >= 15 is 0 Å². The van der Waals surface area contributed by atoms with Crippen LogP contribution in [0, 0.1) is 5.41 Å². The molecule has 4 nitrogen and oxygen atoms in total. The molecule has 122 valence electrons. The Kier molecular flexibility index (Phi) is 8.21. The molecule has 1 aromatic rings. The molecule has 1 fully saturated rings. The average Bonchev–Trinajstić information content (AvgIpc) is 2.95. The highest BCUT2D eigenvalue weighted by molar-refractivity contribution is 7.12. The molecule has 1 atom stereocenters. The van der Waals surface area contributed by atoms with E-state index in [1.165, 1.54) is 0 Å². The van der Waals surface area contributed by atoms with Gasteiger partial charge in [-0.1, -0.05) is 6.92 Å². The van der Waals surface area contributed by atoms with Crippen LogP contribution in [0.25, 0.3) is 0 Å². The third-order valence-electron chi connectivity index (χ3n) is 3.77. The second-order valence-corrected chi connectivity index (χ2v) is 6.92. The van der Waals surface area contributed by atoms with E-state index in [2.05, 4.69) is 17.9 Å². The van der Waals surface area contributed by atoms with Crippen LogP contribution < -0.4 is 5.73 Å². The molecule has 2 heterocycles. The van der Waals surface area contributed by atoms with Gasteiger partial charge in [0.15, 0.2) is 0 Å². The Morgan fingerprint density at radius 1 is 1.48 bits per heavy atom. The normalized spacial score (nSPS) is 21.1. The van der Waals surface area contributed by atoms with Gasteiger partial charge in [0.2, 0.25) is 0 Å². The Labute approximate surface area is 143 Å². The minimum Gasteiger partial charge on any atom is -0.337 e. The van der Waals surface area contributed by atoms with Crippen LogP contribution in [0.15, 0.2) is 11.4 Å². The van der Waals surface area contributed by atoms with Gasteiger partial charge in [0, 0.05) is 19.6 Å². The highest BCUT2D eigenvalue weighted by Crippen LogP contribution is 2.31. The number of hydrogen-bond acceptors (Lipinski definition) is 4. The summed E-state index contributed by atoms with van der Waals surface area (Å²) in [4.78, 5) is 17.5. The molecule has 1 unspecified atom stereocenters. The summed E-state index contributed by atoms with van der Waals surface area (Å²) in [5, 5.41) is 2.00. The van der Waals surface area contributed by atoms with Crippen LogP contribution in [0.1, 0.15) is 28.6 Å². The Morgan fingerprint density at radius 2 is 2.14 bits per heavy atom. The first kappa shape index (κ1) is 20.7. The summed E-state index contributed by atoms with van der Waals surface area (Å²) in [5.41, 5.74) is 7.02. The molecule has 21 heavy (non-hydrogen) atoms. The molecule has 1 amide bonds. The van der Waals surface area contributed by atoms with Gasteiger partial charge in [0.05, 0.1) is 4.88 Å². The smallest absolute Gasteiger partial charge is 0.264 e. The molecule has 0 saturated carbocycles. The lowest BCUT2D eigenvalue weighted by atomic mass is 9.90. The van der Waals surface area contributed by atoms with Crippen LogP contribution in [0.3, 0.4) is 0 Å². The number of thiophene rings is 1. The van der Waals surface area contributed by atoms with Gasteiger partial charge >= 0.3 is 0 Å². The third kappa shape index (κ3) is 4.83. The summed E-state index contributed by atoms with van der Waals surface area (Å²) >= 11 is 1.55. The van der Waals surface area contributed by atoms with Crippen LogP contribution in [0.5, 0.6) is 0 Å². The van der Waals surface area contributed by atoms with Gasteiger partial charge in [-0.25, -0.2) is 0 Å². The molecule has 0 bridgehead atoms. The van der Waals surface area contributed by atoms with E-state index < -0.39 is 0 Å². The molecular formula is C14H25Cl2N3OS. The molecule has 7 heteroatoms. The molecular weight excluding hydrogens is 329 g/mol. The number of rotatable bonds is 4. The first-order chi connectivity index (χ1) is 8.95. The molecule has 0 aliphatic carbocycles.